The van der Waals surface area contributed by atoms with Gasteiger partial charge in [0.25, 0.3) is 0 Å². The summed E-state index contributed by atoms with van der Waals surface area (Å²) < 4.78 is 15.6. The molecule has 0 aliphatic carbocycles. The molecule has 0 aliphatic rings. The highest BCUT2D eigenvalue weighted by atomic mass is 35.5. The first-order valence-electron chi connectivity index (χ1n) is 9.48. The Morgan fingerprint density at radius 3 is 2.31 bits per heavy atom. The molecule has 0 N–H and O–H groups in total. The van der Waals surface area contributed by atoms with Gasteiger partial charge in [-0.2, -0.15) is 0 Å². The van der Waals surface area contributed by atoms with Gasteiger partial charge in [0.15, 0.2) is 5.82 Å². The zero-order valence-electron chi connectivity index (χ0n) is 16.9. The second-order valence-corrected chi connectivity index (χ2v) is 7.30. The van der Waals surface area contributed by atoms with E-state index in [-0.39, 0.29) is 18.2 Å². The molecule has 0 bridgehead atoms. The lowest BCUT2D eigenvalue weighted by atomic mass is 10.2. The van der Waals surface area contributed by atoms with E-state index in [1.807, 2.05) is 31.4 Å². The van der Waals surface area contributed by atoms with Crippen LogP contribution in [-0.4, -0.2) is 16.6 Å². The molecule has 0 unspecified atom stereocenters. The number of hydrogen-bond donors (Lipinski definition) is 0. The number of benzene rings is 2. The zero-order chi connectivity index (χ0) is 19.7. The van der Waals surface area contributed by atoms with E-state index >= 15 is 0 Å². The smallest absolute Gasteiger partial charge is 0.153 e. The van der Waals surface area contributed by atoms with Crippen LogP contribution >= 0.6 is 12.4 Å². The molecule has 0 amide bonds. The molecular formula is C24H25ClFN3. The quantitative estimate of drug-likeness (QED) is 0.409. The van der Waals surface area contributed by atoms with Crippen LogP contribution in [0.1, 0.15) is 22.4 Å². The molecule has 5 heteroatoms. The van der Waals surface area contributed by atoms with E-state index in [0.29, 0.717) is 6.54 Å². The minimum Gasteiger partial charge on any atom is -0.354 e. The predicted molar refractivity (Wildman–Crippen MR) is 121 cm³/mol. The Kier molecular flexibility index (Phi) is 6.23. The molecule has 0 fully saturated rings. The maximum atomic E-state index is 13.2. The molecule has 0 saturated carbocycles. The van der Waals surface area contributed by atoms with Crippen LogP contribution in [0.25, 0.3) is 10.9 Å². The molecule has 150 valence electrons. The number of aryl methyl sites for hydroxylation is 1. The highest BCUT2D eigenvalue weighted by molar-refractivity contribution is 5.93. The van der Waals surface area contributed by atoms with E-state index in [0.717, 1.165) is 23.4 Å². The van der Waals surface area contributed by atoms with E-state index in [4.69, 9.17) is 4.98 Å². The average molecular weight is 410 g/mol. The highest BCUT2D eigenvalue weighted by Crippen LogP contribution is 2.32. The fourth-order valence-corrected chi connectivity index (χ4v) is 3.76. The largest absolute Gasteiger partial charge is 0.354 e. The first-order chi connectivity index (χ1) is 13.5. The van der Waals surface area contributed by atoms with Gasteiger partial charge in [0.1, 0.15) is 5.82 Å². The van der Waals surface area contributed by atoms with Crippen LogP contribution in [0.5, 0.6) is 0 Å². The Morgan fingerprint density at radius 2 is 1.62 bits per heavy atom. The van der Waals surface area contributed by atoms with Gasteiger partial charge in [0.2, 0.25) is 0 Å². The first kappa shape index (κ1) is 20.9. The van der Waals surface area contributed by atoms with Crippen LogP contribution in [0.4, 0.5) is 10.2 Å². The van der Waals surface area contributed by atoms with Crippen molar-refractivity contribution in [2.75, 3.05) is 11.9 Å². The first-order valence-corrected chi connectivity index (χ1v) is 9.48. The third-order valence-corrected chi connectivity index (χ3v) is 5.40. The van der Waals surface area contributed by atoms with E-state index in [1.54, 1.807) is 0 Å². The summed E-state index contributed by atoms with van der Waals surface area (Å²) >= 11 is 0. The topological polar surface area (TPSA) is 21.1 Å². The van der Waals surface area contributed by atoms with Crippen molar-refractivity contribution >= 4 is 29.1 Å². The summed E-state index contributed by atoms with van der Waals surface area (Å²) in [5.41, 5.74) is 6.00. The van der Waals surface area contributed by atoms with Crippen LogP contribution in [-0.2, 0) is 13.1 Å². The number of pyridine rings is 1. The lowest BCUT2D eigenvalue weighted by Gasteiger charge is -2.21. The lowest BCUT2D eigenvalue weighted by Crippen LogP contribution is -2.19. The van der Waals surface area contributed by atoms with Gasteiger partial charge in [-0.3, -0.25) is 0 Å². The van der Waals surface area contributed by atoms with E-state index in [1.165, 1.54) is 34.3 Å². The minimum atomic E-state index is -0.213. The third kappa shape index (κ3) is 4.13. The summed E-state index contributed by atoms with van der Waals surface area (Å²) in [5, 5.41) is 1.23. The van der Waals surface area contributed by atoms with Crippen molar-refractivity contribution < 1.29 is 4.39 Å². The van der Waals surface area contributed by atoms with Gasteiger partial charge in [-0.05, 0) is 48.7 Å². The van der Waals surface area contributed by atoms with Crippen LogP contribution < -0.4 is 4.90 Å². The Hall–Kier alpha value is -2.85. The Labute approximate surface area is 177 Å². The number of nitrogens with zero attached hydrogens (tertiary/aromatic N) is 3. The molecule has 4 aromatic rings. The van der Waals surface area contributed by atoms with Crippen LogP contribution in [0.3, 0.4) is 0 Å². The summed E-state index contributed by atoms with van der Waals surface area (Å²) in [6.07, 6.45) is 1.87. The van der Waals surface area contributed by atoms with Crippen molar-refractivity contribution in [1.29, 1.82) is 0 Å². The van der Waals surface area contributed by atoms with Crippen molar-refractivity contribution in [3.8, 4) is 0 Å². The standard InChI is InChI=1S/C24H24FN3.ClH/c1-17-18(2)28(16-19-7-5-4-6-8-19)23-22(17)13-14-26-24(23)27(3)15-20-9-11-21(25)12-10-20;/h4-14H,15-16H2,1-3H3;1H. The monoisotopic (exact) mass is 409 g/mol. The number of hydrogen-bond acceptors (Lipinski definition) is 2. The molecule has 0 atom stereocenters. The summed E-state index contributed by atoms with van der Waals surface area (Å²) in [6.45, 7) is 5.81. The number of rotatable bonds is 5. The normalized spacial score (nSPS) is 10.8. The summed E-state index contributed by atoms with van der Waals surface area (Å²) in [6, 6.07) is 19.2. The Bertz CT molecular complexity index is 1100. The van der Waals surface area contributed by atoms with Crippen LogP contribution in [0.15, 0.2) is 66.9 Å². The molecule has 2 aromatic heterocycles. The average Bonchev–Trinajstić information content (AvgIpc) is 2.95. The number of aromatic nitrogens is 2. The summed E-state index contributed by atoms with van der Waals surface area (Å²) in [7, 11) is 2.04. The van der Waals surface area contributed by atoms with Gasteiger partial charge in [0, 0.05) is 37.4 Å². The van der Waals surface area contributed by atoms with Crippen molar-refractivity contribution in [2.45, 2.75) is 26.9 Å². The maximum absolute atomic E-state index is 13.2. The van der Waals surface area contributed by atoms with Gasteiger partial charge in [0.05, 0.1) is 5.52 Å². The predicted octanol–water partition coefficient (Wildman–Crippen LogP) is 5.90. The SMILES string of the molecule is Cc1c(C)n(Cc2ccccc2)c2c(N(C)Cc3ccc(F)cc3)nccc12.Cl. The van der Waals surface area contributed by atoms with Gasteiger partial charge in [-0.1, -0.05) is 42.5 Å². The Balaban J connectivity index is 0.00000240. The number of fused-ring (bicyclic) bond motifs is 1. The molecule has 4 rings (SSSR count). The van der Waals surface area contributed by atoms with Crippen molar-refractivity contribution in [1.82, 2.24) is 9.55 Å². The second kappa shape index (κ2) is 8.66. The summed E-state index contributed by atoms with van der Waals surface area (Å²) in [5.74, 6) is 0.726. The second-order valence-electron chi connectivity index (χ2n) is 7.30. The maximum Gasteiger partial charge on any atom is 0.153 e. The lowest BCUT2D eigenvalue weighted by molar-refractivity contribution is 0.627. The molecule has 2 aromatic carbocycles. The van der Waals surface area contributed by atoms with Gasteiger partial charge in [-0.15, -0.1) is 12.4 Å². The molecule has 0 aliphatic heterocycles. The van der Waals surface area contributed by atoms with E-state index in [9.17, 15) is 4.39 Å². The molecule has 0 spiro atoms. The third-order valence-electron chi connectivity index (χ3n) is 5.40. The van der Waals surface area contributed by atoms with Crippen LogP contribution in [0.2, 0.25) is 0 Å². The van der Waals surface area contributed by atoms with Crippen molar-refractivity contribution in [3.63, 3.8) is 0 Å². The zero-order valence-corrected chi connectivity index (χ0v) is 17.7. The fraction of sp³-hybridized carbons (Fsp3) is 0.208. The van der Waals surface area contributed by atoms with Gasteiger partial charge < -0.3 is 9.47 Å². The van der Waals surface area contributed by atoms with E-state index in [2.05, 4.69) is 53.6 Å². The Morgan fingerprint density at radius 1 is 0.931 bits per heavy atom. The molecule has 0 saturated heterocycles. The molecule has 29 heavy (non-hydrogen) atoms. The van der Waals surface area contributed by atoms with Crippen LogP contribution in [0, 0.1) is 19.7 Å². The fourth-order valence-electron chi connectivity index (χ4n) is 3.76. The van der Waals surface area contributed by atoms with Crippen molar-refractivity contribution in [2.24, 2.45) is 0 Å². The van der Waals surface area contributed by atoms with E-state index < -0.39 is 0 Å². The van der Waals surface area contributed by atoms with Gasteiger partial charge in [-0.25, -0.2) is 9.37 Å². The number of halogens is 2. The minimum absolute atomic E-state index is 0. The highest BCUT2D eigenvalue weighted by Gasteiger charge is 2.18. The number of anilines is 1. The molecule has 2 heterocycles. The molecular weight excluding hydrogens is 385 g/mol. The van der Waals surface area contributed by atoms with Crippen molar-refractivity contribution in [3.05, 3.63) is 95.1 Å². The molecule has 3 nitrogen and oxygen atoms in total. The summed E-state index contributed by atoms with van der Waals surface area (Å²) in [4.78, 5) is 6.84. The van der Waals surface area contributed by atoms with Gasteiger partial charge >= 0.3 is 0 Å². The molecule has 0 radical (unpaired) electrons.